The zero-order valence-electron chi connectivity index (χ0n) is 11.1. The summed E-state index contributed by atoms with van der Waals surface area (Å²) in [7, 11) is 0. The first-order valence-electron chi connectivity index (χ1n) is 6.36. The molecule has 1 aromatic carbocycles. The van der Waals surface area contributed by atoms with E-state index in [9.17, 15) is 9.59 Å². The number of hydrazone groups is 1. The number of carbonyl (C=O) groups excluding carboxylic acids is 2. The van der Waals surface area contributed by atoms with Crippen LogP contribution < -0.4 is 10.3 Å². The summed E-state index contributed by atoms with van der Waals surface area (Å²) in [5.41, 5.74) is 4.69. The van der Waals surface area contributed by atoms with E-state index in [1.165, 1.54) is 0 Å². The fourth-order valence-corrected chi connectivity index (χ4v) is 2.07. The van der Waals surface area contributed by atoms with Gasteiger partial charge in [0.05, 0.1) is 0 Å². The van der Waals surface area contributed by atoms with Crippen LogP contribution >= 0.6 is 0 Å². The van der Waals surface area contributed by atoms with Gasteiger partial charge in [-0.25, -0.2) is 5.43 Å². The van der Waals surface area contributed by atoms with Gasteiger partial charge in [-0.05, 0) is 25.5 Å². The van der Waals surface area contributed by atoms with Crippen LogP contribution in [0.5, 0.6) is 0 Å². The van der Waals surface area contributed by atoms with Gasteiger partial charge in [0.15, 0.2) is 0 Å². The fourth-order valence-electron chi connectivity index (χ4n) is 2.07. The molecule has 1 aliphatic heterocycles. The predicted octanol–water partition coefficient (Wildman–Crippen LogP) is 1.61. The Morgan fingerprint density at radius 2 is 2.11 bits per heavy atom. The Hall–Kier alpha value is -2.17. The zero-order chi connectivity index (χ0) is 13.8. The molecular formula is C14H17N3O2. The summed E-state index contributed by atoms with van der Waals surface area (Å²) in [6.07, 6.45) is 0.711. The Bertz CT molecular complexity index is 537. The van der Waals surface area contributed by atoms with Crippen LogP contribution in [0.2, 0.25) is 0 Å². The summed E-state index contributed by atoms with van der Waals surface area (Å²) >= 11 is 0. The highest BCUT2D eigenvalue weighted by molar-refractivity contribution is 6.44. The van der Waals surface area contributed by atoms with Crippen LogP contribution in [-0.4, -0.2) is 24.1 Å². The molecule has 100 valence electrons. The number of hydrogen-bond acceptors (Lipinski definition) is 3. The Morgan fingerprint density at radius 3 is 2.68 bits per heavy atom. The lowest BCUT2D eigenvalue weighted by molar-refractivity contribution is -0.121. The first kappa shape index (κ1) is 13.3. The lowest BCUT2D eigenvalue weighted by Crippen LogP contribution is -2.40. The zero-order valence-corrected chi connectivity index (χ0v) is 11.1. The van der Waals surface area contributed by atoms with Crippen molar-refractivity contribution in [2.24, 2.45) is 5.10 Å². The number of para-hydroxylation sites is 1. The molecule has 1 aliphatic rings. The van der Waals surface area contributed by atoms with Gasteiger partial charge in [0, 0.05) is 25.1 Å². The van der Waals surface area contributed by atoms with Gasteiger partial charge in [0.2, 0.25) is 5.91 Å². The first-order valence-corrected chi connectivity index (χ1v) is 6.36. The lowest BCUT2D eigenvalue weighted by atomic mass is 10.1. The van der Waals surface area contributed by atoms with Crippen LogP contribution in [0.4, 0.5) is 5.69 Å². The molecule has 0 saturated carbocycles. The van der Waals surface area contributed by atoms with Crippen molar-refractivity contribution in [1.29, 1.82) is 0 Å². The molecule has 1 N–H and O–H groups in total. The average Bonchev–Trinajstić information content (AvgIpc) is 2.42. The lowest BCUT2D eigenvalue weighted by Gasteiger charge is -2.24. The minimum atomic E-state index is -0.143. The molecule has 0 atom stereocenters. The molecular weight excluding hydrogens is 242 g/mol. The summed E-state index contributed by atoms with van der Waals surface area (Å²) in [5.74, 6) is -0.285. The highest BCUT2D eigenvalue weighted by Crippen LogP contribution is 2.20. The topological polar surface area (TPSA) is 61.8 Å². The minimum Gasteiger partial charge on any atom is -0.307 e. The molecule has 0 unspecified atom stereocenters. The predicted molar refractivity (Wildman–Crippen MR) is 74.0 cm³/mol. The van der Waals surface area contributed by atoms with Crippen LogP contribution in [0, 0.1) is 6.92 Å². The monoisotopic (exact) mass is 259 g/mol. The van der Waals surface area contributed by atoms with E-state index in [1.54, 1.807) is 4.90 Å². The number of nitrogens with one attached hydrogen (secondary N) is 1. The molecule has 0 aromatic heterocycles. The van der Waals surface area contributed by atoms with Gasteiger partial charge in [-0.1, -0.05) is 18.2 Å². The van der Waals surface area contributed by atoms with Gasteiger partial charge in [0.25, 0.3) is 5.91 Å². The van der Waals surface area contributed by atoms with Crippen molar-refractivity contribution in [2.45, 2.75) is 26.7 Å². The van der Waals surface area contributed by atoms with Crippen molar-refractivity contribution in [2.75, 3.05) is 11.4 Å². The second-order valence-electron chi connectivity index (χ2n) is 4.43. The first-order chi connectivity index (χ1) is 9.13. The van der Waals surface area contributed by atoms with Crippen molar-refractivity contribution >= 4 is 23.2 Å². The molecule has 5 heteroatoms. The van der Waals surface area contributed by atoms with Crippen molar-refractivity contribution in [3.8, 4) is 0 Å². The van der Waals surface area contributed by atoms with Crippen molar-refractivity contribution in [3.05, 3.63) is 29.8 Å². The molecule has 1 heterocycles. The molecule has 0 spiro atoms. The van der Waals surface area contributed by atoms with E-state index in [1.807, 2.05) is 38.1 Å². The maximum absolute atomic E-state index is 12.4. The molecule has 0 fully saturated rings. The van der Waals surface area contributed by atoms with Crippen molar-refractivity contribution in [1.82, 2.24) is 5.43 Å². The Kier molecular flexibility index (Phi) is 3.94. The smallest absolute Gasteiger partial charge is 0.274 e. The molecule has 5 nitrogen and oxygen atoms in total. The van der Waals surface area contributed by atoms with Crippen LogP contribution in [0.1, 0.15) is 25.3 Å². The van der Waals surface area contributed by atoms with Gasteiger partial charge in [-0.15, -0.1) is 0 Å². The molecule has 2 rings (SSSR count). The van der Waals surface area contributed by atoms with E-state index in [0.717, 1.165) is 11.3 Å². The number of benzene rings is 1. The summed E-state index contributed by atoms with van der Waals surface area (Å²) in [4.78, 5) is 25.2. The van der Waals surface area contributed by atoms with E-state index in [0.29, 0.717) is 25.1 Å². The number of amides is 2. The molecule has 0 aliphatic carbocycles. The summed E-state index contributed by atoms with van der Waals surface area (Å²) in [5, 5.41) is 3.86. The maximum Gasteiger partial charge on any atom is 0.274 e. The van der Waals surface area contributed by atoms with Gasteiger partial charge in [0.1, 0.15) is 5.71 Å². The van der Waals surface area contributed by atoms with Crippen LogP contribution in [0.15, 0.2) is 29.4 Å². The number of hydrogen-bond donors (Lipinski definition) is 1. The minimum absolute atomic E-state index is 0.142. The summed E-state index contributed by atoms with van der Waals surface area (Å²) in [6, 6.07) is 7.73. The molecule has 19 heavy (non-hydrogen) atoms. The second kappa shape index (κ2) is 5.65. The highest BCUT2D eigenvalue weighted by atomic mass is 16.2. The third kappa shape index (κ3) is 2.81. The van der Waals surface area contributed by atoms with Gasteiger partial charge in [-0.2, -0.15) is 5.10 Å². The van der Waals surface area contributed by atoms with Gasteiger partial charge < -0.3 is 4.90 Å². The SMILES string of the molecule is CCN(C(=O)C1=NNC(=O)CC1)c1ccccc1C. The Morgan fingerprint density at radius 1 is 1.37 bits per heavy atom. The number of carbonyl (C=O) groups is 2. The van der Waals surface area contributed by atoms with E-state index >= 15 is 0 Å². The largest absolute Gasteiger partial charge is 0.307 e. The standard InChI is InChI=1S/C14H17N3O2/c1-3-17(12-7-5-4-6-10(12)2)14(19)11-8-9-13(18)16-15-11/h4-7H,3,8-9H2,1-2H3,(H,16,18). The summed E-state index contributed by atoms with van der Waals surface area (Å²) in [6.45, 7) is 4.46. The Balaban J connectivity index is 2.25. The molecule has 2 amide bonds. The number of anilines is 1. The van der Waals surface area contributed by atoms with Gasteiger partial charge in [-0.3, -0.25) is 9.59 Å². The van der Waals surface area contributed by atoms with Crippen molar-refractivity contribution in [3.63, 3.8) is 0 Å². The highest BCUT2D eigenvalue weighted by Gasteiger charge is 2.24. The van der Waals surface area contributed by atoms with Gasteiger partial charge >= 0.3 is 0 Å². The normalized spacial score (nSPS) is 14.6. The third-order valence-corrected chi connectivity index (χ3v) is 3.12. The van der Waals surface area contributed by atoms with E-state index in [4.69, 9.17) is 0 Å². The van der Waals surface area contributed by atoms with E-state index < -0.39 is 0 Å². The number of nitrogens with zero attached hydrogens (tertiary/aromatic N) is 2. The summed E-state index contributed by atoms with van der Waals surface area (Å²) < 4.78 is 0. The third-order valence-electron chi connectivity index (χ3n) is 3.12. The molecule has 0 saturated heterocycles. The quantitative estimate of drug-likeness (QED) is 0.896. The average molecular weight is 259 g/mol. The molecule has 0 radical (unpaired) electrons. The Labute approximate surface area is 112 Å². The van der Waals surface area contributed by atoms with E-state index in [2.05, 4.69) is 10.5 Å². The van der Waals surface area contributed by atoms with E-state index in [-0.39, 0.29) is 11.8 Å². The van der Waals surface area contributed by atoms with Crippen molar-refractivity contribution < 1.29 is 9.59 Å². The number of rotatable bonds is 3. The molecule has 1 aromatic rings. The van der Waals surface area contributed by atoms with Crippen LogP contribution in [0.25, 0.3) is 0 Å². The molecule has 0 bridgehead atoms. The number of aryl methyl sites for hydroxylation is 1. The second-order valence-corrected chi connectivity index (χ2v) is 4.43. The van der Waals surface area contributed by atoms with Crippen LogP contribution in [-0.2, 0) is 9.59 Å². The fraction of sp³-hybridized carbons (Fsp3) is 0.357. The maximum atomic E-state index is 12.4. The van der Waals surface area contributed by atoms with Crippen LogP contribution in [0.3, 0.4) is 0 Å².